The lowest BCUT2D eigenvalue weighted by Gasteiger charge is -2.28. The number of aryl methyl sites for hydroxylation is 1. The topological polar surface area (TPSA) is 94.4 Å². The minimum Gasteiger partial charge on any atom is -0.378 e. The monoisotopic (exact) mass is 564 g/mol. The van der Waals surface area contributed by atoms with Crippen molar-refractivity contribution >= 4 is 22.6 Å². The lowest BCUT2D eigenvalue weighted by atomic mass is 9.94. The Morgan fingerprint density at radius 1 is 1.17 bits per heavy atom. The highest BCUT2D eigenvalue weighted by Crippen LogP contribution is 2.34. The van der Waals surface area contributed by atoms with Gasteiger partial charge in [0.1, 0.15) is 11.6 Å². The predicted octanol–water partition coefficient (Wildman–Crippen LogP) is 4.94. The number of nitrogens with one attached hydrogen (secondary N) is 1. The van der Waals surface area contributed by atoms with E-state index in [0.717, 1.165) is 36.3 Å². The van der Waals surface area contributed by atoms with Crippen LogP contribution in [0.3, 0.4) is 0 Å². The Labute approximate surface area is 244 Å². The Morgan fingerprint density at radius 2 is 2.00 bits per heavy atom. The zero-order valence-corrected chi connectivity index (χ0v) is 23.9. The van der Waals surface area contributed by atoms with Crippen LogP contribution in [0.1, 0.15) is 34.3 Å². The van der Waals surface area contributed by atoms with Crippen molar-refractivity contribution in [1.29, 1.82) is 5.26 Å². The zero-order valence-electron chi connectivity index (χ0n) is 23.9. The van der Waals surface area contributed by atoms with Crippen LogP contribution in [-0.4, -0.2) is 73.3 Å². The molecule has 214 valence electrons. The Kier molecular flexibility index (Phi) is 7.83. The van der Waals surface area contributed by atoms with Crippen LogP contribution in [-0.2, 0) is 4.74 Å². The zero-order chi connectivity index (χ0) is 29.2. The van der Waals surface area contributed by atoms with Gasteiger partial charge in [0.05, 0.1) is 41.6 Å². The molecule has 9 heteroatoms. The van der Waals surface area contributed by atoms with Crippen LogP contribution in [0.2, 0.25) is 0 Å². The number of nitrogens with zero attached hydrogens (tertiary/aromatic N) is 5. The number of rotatable bonds is 6. The van der Waals surface area contributed by atoms with Gasteiger partial charge in [-0.2, -0.15) is 5.26 Å². The molecule has 1 atom stereocenters. The van der Waals surface area contributed by atoms with Crippen LogP contribution in [0.5, 0.6) is 0 Å². The Hall–Kier alpha value is -4.39. The number of morpholine rings is 1. The minimum atomic E-state index is -0.367. The first kappa shape index (κ1) is 27.8. The van der Waals surface area contributed by atoms with Gasteiger partial charge in [-0.25, -0.2) is 9.37 Å². The third-order valence-corrected chi connectivity index (χ3v) is 8.01. The van der Waals surface area contributed by atoms with Gasteiger partial charge in [-0.15, -0.1) is 0 Å². The second kappa shape index (κ2) is 11.8. The molecule has 0 radical (unpaired) electrons. The van der Waals surface area contributed by atoms with Crippen molar-refractivity contribution < 1.29 is 13.9 Å². The molecule has 2 aliphatic heterocycles. The van der Waals surface area contributed by atoms with Gasteiger partial charge in [-0.1, -0.05) is 12.1 Å². The molecule has 0 aliphatic carbocycles. The number of anilines is 1. The number of fused-ring (bicyclic) bond motifs is 1. The number of benzene rings is 2. The van der Waals surface area contributed by atoms with E-state index in [1.807, 2.05) is 38.2 Å². The van der Waals surface area contributed by atoms with E-state index in [0.29, 0.717) is 71.7 Å². The van der Waals surface area contributed by atoms with E-state index in [-0.39, 0.29) is 17.8 Å². The smallest absolute Gasteiger partial charge is 0.255 e. The molecular weight excluding hydrogens is 531 g/mol. The van der Waals surface area contributed by atoms with Gasteiger partial charge in [0.25, 0.3) is 5.91 Å². The van der Waals surface area contributed by atoms with Gasteiger partial charge in [-0.3, -0.25) is 9.78 Å². The maximum Gasteiger partial charge on any atom is 0.255 e. The second-order valence-electron chi connectivity index (χ2n) is 11.1. The fraction of sp³-hybridized carbons (Fsp3) is 0.333. The summed E-state index contributed by atoms with van der Waals surface area (Å²) in [6.07, 6.45) is 3.76. The van der Waals surface area contributed by atoms with Crippen LogP contribution in [0, 0.1) is 24.1 Å². The van der Waals surface area contributed by atoms with Gasteiger partial charge >= 0.3 is 0 Å². The maximum atomic E-state index is 14.6. The van der Waals surface area contributed by atoms with Crippen LogP contribution in [0.4, 0.5) is 10.2 Å². The van der Waals surface area contributed by atoms with Crippen molar-refractivity contribution in [2.75, 3.05) is 51.3 Å². The van der Waals surface area contributed by atoms with E-state index in [9.17, 15) is 14.4 Å². The molecule has 1 amide bonds. The van der Waals surface area contributed by atoms with Crippen molar-refractivity contribution in [2.24, 2.45) is 0 Å². The molecule has 42 heavy (non-hydrogen) atoms. The third kappa shape index (κ3) is 5.69. The molecule has 2 aromatic carbocycles. The van der Waals surface area contributed by atoms with E-state index < -0.39 is 0 Å². The average Bonchev–Trinajstić information content (AvgIpc) is 3.52. The lowest BCUT2D eigenvalue weighted by molar-refractivity contribution is 0.0786. The second-order valence-corrected chi connectivity index (χ2v) is 11.1. The molecule has 0 unspecified atom stereocenters. The van der Waals surface area contributed by atoms with Crippen LogP contribution < -0.4 is 10.2 Å². The number of hydrogen-bond donors (Lipinski definition) is 1. The SMILES string of the molecule is Cc1cc(F)cc(-c2cnc3ccc(-c4cc(C#N)cc(N5CCOCC5)n4)cc3c2C(=O)N(C)C[C@@H]2CCCN2)c1. The highest BCUT2D eigenvalue weighted by atomic mass is 19.1. The maximum absolute atomic E-state index is 14.6. The van der Waals surface area contributed by atoms with Crippen LogP contribution >= 0.6 is 0 Å². The van der Waals surface area contributed by atoms with Gasteiger partial charge in [0.15, 0.2) is 0 Å². The number of carbonyl (C=O) groups excluding carboxylic acids is 1. The molecule has 4 aromatic rings. The quantitative estimate of drug-likeness (QED) is 0.354. The molecule has 1 N–H and O–H groups in total. The lowest BCUT2D eigenvalue weighted by Crippen LogP contribution is -2.38. The summed E-state index contributed by atoms with van der Waals surface area (Å²) in [6.45, 7) is 5.95. The minimum absolute atomic E-state index is 0.155. The number of hydrogen-bond acceptors (Lipinski definition) is 7. The number of halogens is 1. The van der Waals surface area contributed by atoms with Gasteiger partial charge in [-0.05, 0) is 73.8 Å². The van der Waals surface area contributed by atoms with E-state index in [2.05, 4.69) is 21.3 Å². The third-order valence-electron chi connectivity index (χ3n) is 8.01. The summed E-state index contributed by atoms with van der Waals surface area (Å²) in [5, 5.41) is 13.9. The van der Waals surface area contributed by atoms with Crippen molar-refractivity contribution in [3.05, 3.63) is 77.2 Å². The standard InChI is InChI=1S/C33H33FN6O2/c1-21-12-24(16-25(34)13-21)28-19-37-29-6-5-23(17-27(29)32(28)33(41)39(2)20-26-4-3-7-36-26)30-14-22(18-35)15-31(38-30)40-8-10-42-11-9-40/h5-6,12-17,19,26,36H,3-4,7-11,20H2,1-2H3/t26-/m0/s1. The molecule has 0 bridgehead atoms. The number of pyridine rings is 2. The first-order chi connectivity index (χ1) is 20.4. The Balaban J connectivity index is 1.50. The largest absolute Gasteiger partial charge is 0.378 e. The van der Waals surface area contributed by atoms with E-state index in [4.69, 9.17) is 9.72 Å². The summed E-state index contributed by atoms with van der Waals surface area (Å²) in [6, 6.07) is 16.5. The number of likely N-dealkylation sites (N-methyl/N-ethyl adjacent to an activating group) is 1. The summed E-state index contributed by atoms with van der Waals surface area (Å²) in [4.78, 5) is 27.7. The number of carbonyl (C=O) groups is 1. The van der Waals surface area contributed by atoms with Gasteiger partial charge < -0.3 is 19.9 Å². The molecule has 2 aromatic heterocycles. The summed E-state index contributed by atoms with van der Waals surface area (Å²) in [5.74, 6) is 0.196. The van der Waals surface area contributed by atoms with Crippen molar-refractivity contribution in [2.45, 2.75) is 25.8 Å². The summed E-state index contributed by atoms with van der Waals surface area (Å²) in [5.41, 5.74) is 4.95. The molecule has 2 aliphatic rings. The molecule has 2 saturated heterocycles. The fourth-order valence-electron chi connectivity index (χ4n) is 5.89. The van der Waals surface area contributed by atoms with E-state index in [1.54, 1.807) is 23.2 Å². The summed E-state index contributed by atoms with van der Waals surface area (Å²) >= 11 is 0. The summed E-state index contributed by atoms with van der Waals surface area (Å²) < 4.78 is 20.1. The molecular formula is C33H33FN6O2. The van der Waals surface area contributed by atoms with Crippen LogP contribution in [0.25, 0.3) is 33.3 Å². The van der Waals surface area contributed by atoms with E-state index in [1.165, 1.54) is 12.1 Å². The molecule has 6 rings (SSSR count). The number of aromatic nitrogens is 2. The Bertz CT molecular complexity index is 1670. The Morgan fingerprint density at radius 3 is 2.74 bits per heavy atom. The van der Waals surface area contributed by atoms with Crippen molar-refractivity contribution in [3.63, 3.8) is 0 Å². The number of amides is 1. The summed E-state index contributed by atoms with van der Waals surface area (Å²) in [7, 11) is 1.81. The molecule has 0 saturated carbocycles. The first-order valence-corrected chi connectivity index (χ1v) is 14.3. The van der Waals surface area contributed by atoms with Crippen molar-refractivity contribution in [1.82, 2.24) is 20.2 Å². The molecule has 4 heterocycles. The number of nitriles is 1. The highest BCUT2D eigenvalue weighted by Gasteiger charge is 2.25. The van der Waals surface area contributed by atoms with Crippen molar-refractivity contribution in [3.8, 4) is 28.5 Å². The number of ether oxygens (including phenoxy) is 1. The van der Waals surface area contributed by atoms with Crippen LogP contribution in [0.15, 0.2) is 54.7 Å². The average molecular weight is 565 g/mol. The van der Waals surface area contributed by atoms with Gasteiger partial charge in [0.2, 0.25) is 0 Å². The molecule has 0 spiro atoms. The van der Waals surface area contributed by atoms with Gasteiger partial charge in [0, 0.05) is 55.4 Å². The molecule has 2 fully saturated rings. The normalized spacial score (nSPS) is 16.9. The predicted molar refractivity (Wildman–Crippen MR) is 161 cm³/mol. The fourth-order valence-corrected chi connectivity index (χ4v) is 5.89. The van der Waals surface area contributed by atoms with E-state index >= 15 is 0 Å². The highest BCUT2D eigenvalue weighted by molar-refractivity contribution is 6.12. The first-order valence-electron chi connectivity index (χ1n) is 14.3. The molecule has 8 nitrogen and oxygen atoms in total.